The first-order chi connectivity index (χ1) is 26.1. The lowest BCUT2D eigenvalue weighted by Crippen LogP contribution is -2.63. The summed E-state index contributed by atoms with van der Waals surface area (Å²) < 4.78 is 42.2. The number of nitrogens with zero attached hydrogens (tertiary/aromatic N) is 4. The predicted octanol–water partition coefficient (Wildman–Crippen LogP) is 3.70. The fourth-order valence-corrected chi connectivity index (χ4v) is 7.95. The second-order valence-corrected chi connectivity index (χ2v) is 15.6. The number of hydrogen-bond donors (Lipinski definition) is 3. The molecule has 0 aromatic rings. The topological polar surface area (TPSA) is 211 Å². The molecule has 2 saturated heterocycles. The van der Waals surface area contributed by atoms with Crippen molar-refractivity contribution < 1.29 is 58.1 Å². The maximum absolute atomic E-state index is 13.6. The molecule has 3 rings (SSSR count). The molecule has 0 aromatic carbocycles. The molecule has 0 bridgehead atoms. The third kappa shape index (κ3) is 12.8. The van der Waals surface area contributed by atoms with Gasteiger partial charge >= 0.3 is 5.97 Å². The van der Waals surface area contributed by atoms with E-state index in [4.69, 9.17) is 38.7 Å². The van der Waals surface area contributed by atoms with Crippen LogP contribution in [0, 0.1) is 23.7 Å². The van der Waals surface area contributed by atoms with Gasteiger partial charge in [-0.1, -0.05) is 43.6 Å². The molecule has 16 nitrogen and oxygen atoms in total. The van der Waals surface area contributed by atoms with Crippen molar-refractivity contribution in [3.8, 4) is 0 Å². The van der Waals surface area contributed by atoms with Crippen LogP contribution in [-0.4, -0.2) is 147 Å². The lowest BCUT2D eigenvalue weighted by atomic mass is 9.80. The fraction of sp³-hybridized carbons (Fsp3) is 0.846. The van der Waals surface area contributed by atoms with E-state index in [2.05, 4.69) is 10.0 Å². The maximum atomic E-state index is 13.6. The normalized spacial score (nSPS) is 41.5. The van der Waals surface area contributed by atoms with Crippen molar-refractivity contribution in [3.05, 3.63) is 34.2 Å². The number of aliphatic hydroxyl groups excluding tert-OH is 3. The summed E-state index contributed by atoms with van der Waals surface area (Å²) in [4.78, 5) is 31.9. The van der Waals surface area contributed by atoms with E-state index in [0.29, 0.717) is 25.7 Å². The fourth-order valence-electron chi connectivity index (χ4n) is 7.95. The lowest BCUT2D eigenvalue weighted by Gasteiger charge is -2.46. The molecule has 0 radical (unpaired) electrons. The van der Waals surface area contributed by atoms with Gasteiger partial charge in [-0.05, 0) is 84.0 Å². The zero-order chi connectivity index (χ0) is 41.0. The number of hydrogen-bond acceptors (Lipinski definition) is 14. The second-order valence-electron chi connectivity index (χ2n) is 15.6. The molecular formula is C39H66N4O12. The van der Waals surface area contributed by atoms with Crippen molar-refractivity contribution in [2.75, 3.05) is 41.5 Å². The van der Waals surface area contributed by atoms with E-state index in [9.17, 15) is 24.9 Å². The Morgan fingerprint density at radius 1 is 0.945 bits per heavy atom. The molecule has 55 heavy (non-hydrogen) atoms. The summed E-state index contributed by atoms with van der Waals surface area (Å²) in [6.45, 7) is 11.2. The van der Waals surface area contributed by atoms with Crippen molar-refractivity contribution in [1.82, 2.24) is 4.90 Å². The first kappa shape index (κ1) is 46.9. The Morgan fingerprint density at radius 3 is 2.22 bits per heavy atom. The zero-order valence-corrected chi connectivity index (χ0v) is 34.2. The standard InChI is InChI=1S/C39H66N4O12/c1-11-29-27(20-51-39-37(50-10)36(49-9)33(47)25(6)53-39)18-21(2)12-14-28(44)23(4)19-26(16-17-41-42-40)35(22(3)13-15-30(45)54-29)55-38-34(48)31(43(7)8)32(46)24(5)52-38/h12,14,18,22-27,29,31-39,46-48H,11,13,15-17,19-20H2,1-10H3/b14-12+,21-18+/t22-,23+,24+,25?,26-,27+,29+,31?,32+,33+,34?,35+,36-,37?,38-,39+/m0/s1. The van der Waals surface area contributed by atoms with E-state index in [1.54, 1.807) is 38.9 Å². The van der Waals surface area contributed by atoms with Crippen LogP contribution in [0.15, 0.2) is 28.9 Å². The van der Waals surface area contributed by atoms with E-state index in [0.717, 1.165) is 5.57 Å². The molecule has 0 aromatic heterocycles. The van der Waals surface area contributed by atoms with Gasteiger partial charge in [0.15, 0.2) is 18.4 Å². The molecule has 314 valence electrons. The SMILES string of the molecule is CC[C@H]1OC(=O)CC[C@H](C)[C@@H](O[C@@H]2O[C@H](C)[C@@H](O)C(N(C)C)C2O)[C@@H](CCN=[N+]=[N-])C[C@@H](C)C(=O)/C=C/C(C)=C/[C@@H]1CO[C@@H]1OC(C)[C@@H](O)[C@H](OC)C1OC. The summed E-state index contributed by atoms with van der Waals surface area (Å²) in [5, 5.41) is 36.6. The highest BCUT2D eigenvalue weighted by molar-refractivity contribution is 5.91. The van der Waals surface area contributed by atoms with E-state index in [1.165, 1.54) is 20.3 Å². The highest BCUT2D eigenvalue weighted by atomic mass is 16.7. The highest BCUT2D eigenvalue weighted by Gasteiger charge is 2.47. The van der Waals surface area contributed by atoms with Crippen LogP contribution in [0.4, 0.5) is 0 Å². The maximum Gasteiger partial charge on any atom is 0.306 e. The van der Waals surface area contributed by atoms with Crippen LogP contribution in [0.1, 0.15) is 73.6 Å². The van der Waals surface area contributed by atoms with Gasteiger partial charge in [0.25, 0.3) is 0 Å². The van der Waals surface area contributed by atoms with Crippen LogP contribution in [0.3, 0.4) is 0 Å². The summed E-state index contributed by atoms with van der Waals surface area (Å²) >= 11 is 0. The first-order valence-electron chi connectivity index (χ1n) is 19.5. The molecule has 0 spiro atoms. The molecule has 4 unspecified atom stereocenters. The predicted molar refractivity (Wildman–Crippen MR) is 202 cm³/mol. The van der Waals surface area contributed by atoms with Crippen LogP contribution in [0.25, 0.3) is 10.4 Å². The van der Waals surface area contributed by atoms with Gasteiger partial charge in [-0.2, -0.15) is 0 Å². The van der Waals surface area contributed by atoms with Crippen molar-refractivity contribution in [2.45, 2.75) is 147 Å². The van der Waals surface area contributed by atoms with Gasteiger partial charge in [0.2, 0.25) is 0 Å². The second kappa shape index (κ2) is 22.5. The van der Waals surface area contributed by atoms with Crippen molar-refractivity contribution in [1.29, 1.82) is 0 Å². The average molecular weight is 783 g/mol. The molecule has 0 amide bonds. The number of ketones is 1. The Bertz CT molecular complexity index is 1330. The average Bonchev–Trinajstić information content (AvgIpc) is 3.14. The Kier molecular flexibility index (Phi) is 19.2. The largest absolute Gasteiger partial charge is 0.462 e. The van der Waals surface area contributed by atoms with Crippen LogP contribution in [-0.2, 0) is 42.7 Å². The van der Waals surface area contributed by atoms with E-state index in [1.807, 2.05) is 33.8 Å². The smallest absolute Gasteiger partial charge is 0.306 e. The van der Waals surface area contributed by atoms with Gasteiger partial charge in [-0.25, -0.2) is 0 Å². The number of aliphatic hydroxyl groups is 3. The Hall–Kier alpha value is -2.47. The Labute approximate surface area is 326 Å². The molecule has 16 heteroatoms. The minimum atomic E-state index is -1.20. The number of carbonyl (C=O) groups is 2. The van der Waals surface area contributed by atoms with Gasteiger partial charge in [-0.3, -0.25) is 9.59 Å². The molecule has 16 atom stereocenters. The summed E-state index contributed by atoms with van der Waals surface area (Å²) in [7, 11) is 6.50. The molecule has 3 N–H and O–H groups in total. The number of likely N-dealkylation sites (N-methyl/N-ethyl adjacent to an activating group) is 1. The van der Waals surface area contributed by atoms with E-state index in [-0.39, 0.29) is 37.2 Å². The quantitative estimate of drug-likeness (QED) is 0.112. The molecule has 0 aliphatic carbocycles. The third-order valence-corrected chi connectivity index (χ3v) is 11.2. The molecule has 3 aliphatic rings. The summed E-state index contributed by atoms with van der Waals surface area (Å²) in [5.41, 5.74) is 9.82. The lowest BCUT2D eigenvalue weighted by molar-refractivity contribution is -0.304. The number of methoxy groups -OCH3 is 2. The van der Waals surface area contributed by atoms with Gasteiger partial charge in [0.1, 0.15) is 30.5 Å². The molecule has 2 fully saturated rings. The van der Waals surface area contributed by atoms with Crippen LogP contribution < -0.4 is 0 Å². The van der Waals surface area contributed by atoms with Crippen molar-refractivity contribution >= 4 is 11.8 Å². The summed E-state index contributed by atoms with van der Waals surface area (Å²) in [5.74, 6) is -2.04. The molecule has 3 heterocycles. The van der Waals surface area contributed by atoms with Gasteiger partial charge in [0.05, 0.1) is 37.1 Å². The van der Waals surface area contributed by atoms with Crippen molar-refractivity contribution in [2.24, 2.45) is 28.8 Å². The van der Waals surface area contributed by atoms with Crippen LogP contribution in [0.2, 0.25) is 0 Å². The van der Waals surface area contributed by atoms with Crippen LogP contribution >= 0.6 is 0 Å². The number of ether oxygens (including phenoxy) is 7. The minimum absolute atomic E-state index is 0.0528. The van der Waals surface area contributed by atoms with Gasteiger partial charge < -0.3 is 53.4 Å². The van der Waals surface area contributed by atoms with E-state index < -0.39 is 91.4 Å². The molecule has 0 saturated carbocycles. The number of rotatable bonds is 12. The minimum Gasteiger partial charge on any atom is -0.462 e. The van der Waals surface area contributed by atoms with Gasteiger partial charge in [0, 0.05) is 43.9 Å². The van der Waals surface area contributed by atoms with Crippen molar-refractivity contribution in [3.63, 3.8) is 0 Å². The Morgan fingerprint density at radius 2 is 1.60 bits per heavy atom. The third-order valence-electron chi connectivity index (χ3n) is 11.2. The summed E-state index contributed by atoms with van der Waals surface area (Å²) in [6, 6.07) is -0.668. The molecule has 3 aliphatic heterocycles. The monoisotopic (exact) mass is 782 g/mol. The zero-order valence-electron chi connectivity index (χ0n) is 34.2. The highest BCUT2D eigenvalue weighted by Crippen LogP contribution is 2.35. The number of esters is 1. The first-order valence-corrected chi connectivity index (χ1v) is 19.5. The number of carbonyl (C=O) groups excluding carboxylic acids is 2. The van der Waals surface area contributed by atoms with Gasteiger partial charge in [-0.15, -0.1) is 0 Å². The molecular weight excluding hydrogens is 716 g/mol. The number of azide groups is 1. The summed E-state index contributed by atoms with van der Waals surface area (Å²) in [6.07, 6.45) is -2.13. The van der Waals surface area contributed by atoms with E-state index >= 15 is 0 Å². The van der Waals surface area contributed by atoms with Crippen LogP contribution in [0.5, 0.6) is 0 Å². The number of allylic oxidation sites excluding steroid dienone is 3. The Balaban J connectivity index is 1.95. The number of cyclic esters (lactones) is 1.